The van der Waals surface area contributed by atoms with Crippen LogP contribution in [-0.2, 0) is 6.42 Å². The summed E-state index contributed by atoms with van der Waals surface area (Å²) < 4.78 is 12.4. The SMILES string of the molecule is Cc1cnc(F)cc1CC#N. The molecular formula is C8H7FN2. The van der Waals surface area contributed by atoms with Gasteiger partial charge < -0.3 is 0 Å². The third kappa shape index (κ3) is 1.74. The highest BCUT2D eigenvalue weighted by Gasteiger charge is 1.99. The van der Waals surface area contributed by atoms with Crippen molar-refractivity contribution in [3.05, 3.63) is 29.3 Å². The van der Waals surface area contributed by atoms with Crippen LogP contribution in [0.4, 0.5) is 4.39 Å². The van der Waals surface area contributed by atoms with E-state index in [4.69, 9.17) is 5.26 Å². The second-order valence-corrected chi connectivity index (χ2v) is 2.27. The highest BCUT2D eigenvalue weighted by molar-refractivity contribution is 5.24. The molecule has 0 saturated heterocycles. The van der Waals surface area contributed by atoms with Gasteiger partial charge in [-0.2, -0.15) is 9.65 Å². The lowest BCUT2D eigenvalue weighted by molar-refractivity contribution is 0.581. The summed E-state index contributed by atoms with van der Waals surface area (Å²) >= 11 is 0. The standard InChI is InChI=1S/C8H7FN2/c1-6-5-11-8(9)4-7(6)2-3-10/h4-5H,2H2,1H3. The molecule has 2 nitrogen and oxygen atoms in total. The minimum Gasteiger partial charge on any atom is -0.228 e. The number of aryl methyl sites for hydroxylation is 1. The van der Waals surface area contributed by atoms with Gasteiger partial charge >= 0.3 is 0 Å². The predicted octanol–water partition coefficient (Wildman–Crippen LogP) is 1.60. The molecule has 1 heterocycles. The zero-order valence-electron chi connectivity index (χ0n) is 6.13. The summed E-state index contributed by atoms with van der Waals surface area (Å²) in [5, 5.41) is 8.34. The number of nitrogens with zero attached hydrogens (tertiary/aromatic N) is 2. The van der Waals surface area contributed by atoms with Gasteiger partial charge in [-0.05, 0) is 24.1 Å². The van der Waals surface area contributed by atoms with Crippen LogP contribution in [0.2, 0.25) is 0 Å². The molecule has 0 saturated carbocycles. The van der Waals surface area contributed by atoms with Gasteiger partial charge in [0.05, 0.1) is 12.5 Å². The van der Waals surface area contributed by atoms with Crippen LogP contribution in [0.5, 0.6) is 0 Å². The molecule has 0 atom stereocenters. The molecule has 1 aromatic rings. The number of pyridine rings is 1. The van der Waals surface area contributed by atoms with E-state index in [0.29, 0.717) is 5.56 Å². The molecule has 1 rings (SSSR count). The maximum atomic E-state index is 12.4. The quantitative estimate of drug-likeness (QED) is 0.570. The maximum absolute atomic E-state index is 12.4. The van der Waals surface area contributed by atoms with E-state index < -0.39 is 5.95 Å². The summed E-state index contributed by atoms with van der Waals surface area (Å²) in [7, 11) is 0. The summed E-state index contributed by atoms with van der Waals surface area (Å²) in [5.74, 6) is -0.527. The van der Waals surface area contributed by atoms with E-state index in [2.05, 4.69) is 4.98 Å². The Kier molecular flexibility index (Phi) is 2.17. The zero-order valence-corrected chi connectivity index (χ0v) is 6.13. The molecule has 0 unspecified atom stereocenters. The van der Waals surface area contributed by atoms with Crippen LogP contribution in [0.15, 0.2) is 12.3 Å². The molecule has 0 amide bonds. The van der Waals surface area contributed by atoms with Crippen molar-refractivity contribution < 1.29 is 4.39 Å². The first-order valence-electron chi connectivity index (χ1n) is 3.22. The monoisotopic (exact) mass is 150 g/mol. The molecule has 0 aliphatic rings. The number of rotatable bonds is 1. The Morgan fingerprint density at radius 3 is 3.09 bits per heavy atom. The third-order valence-electron chi connectivity index (χ3n) is 1.45. The number of hydrogen-bond acceptors (Lipinski definition) is 2. The molecule has 0 spiro atoms. The van der Waals surface area contributed by atoms with Gasteiger partial charge in [0.25, 0.3) is 0 Å². The lowest BCUT2D eigenvalue weighted by Gasteiger charge is -1.98. The van der Waals surface area contributed by atoms with Crippen molar-refractivity contribution in [3.63, 3.8) is 0 Å². The molecule has 3 heteroatoms. The fraction of sp³-hybridized carbons (Fsp3) is 0.250. The van der Waals surface area contributed by atoms with Crippen LogP contribution >= 0.6 is 0 Å². The van der Waals surface area contributed by atoms with E-state index in [1.165, 1.54) is 12.3 Å². The van der Waals surface area contributed by atoms with Gasteiger partial charge in [-0.3, -0.25) is 0 Å². The van der Waals surface area contributed by atoms with Crippen LogP contribution in [0.3, 0.4) is 0 Å². The van der Waals surface area contributed by atoms with Crippen molar-refractivity contribution >= 4 is 0 Å². The van der Waals surface area contributed by atoms with Crippen molar-refractivity contribution in [1.29, 1.82) is 5.26 Å². The maximum Gasteiger partial charge on any atom is 0.213 e. The van der Waals surface area contributed by atoms with Gasteiger partial charge in [0, 0.05) is 6.20 Å². The Morgan fingerprint density at radius 2 is 2.45 bits per heavy atom. The Morgan fingerprint density at radius 1 is 1.73 bits per heavy atom. The molecule has 0 aromatic carbocycles. The summed E-state index contributed by atoms with van der Waals surface area (Å²) in [6.45, 7) is 1.80. The minimum absolute atomic E-state index is 0.241. The predicted molar refractivity (Wildman–Crippen MR) is 38.2 cm³/mol. The molecule has 1 aromatic heterocycles. The lowest BCUT2D eigenvalue weighted by Crippen LogP contribution is -1.91. The molecule has 0 aliphatic carbocycles. The fourth-order valence-corrected chi connectivity index (χ4v) is 0.812. The van der Waals surface area contributed by atoms with E-state index in [-0.39, 0.29) is 6.42 Å². The van der Waals surface area contributed by atoms with Crippen molar-refractivity contribution in [3.8, 4) is 6.07 Å². The van der Waals surface area contributed by atoms with Crippen molar-refractivity contribution in [2.75, 3.05) is 0 Å². The van der Waals surface area contributed by atoms with Gasteiger partial charge in [0.15, 0.2) is 0 Å². The first-order chi connectivity index (χ1) is 5.24. The van der Waals surface area contributed by atoms with Crippen LogP contribution in [0.25, 0.3) is 0 Å². The third-order valence-corrected chi connectivity index (χ3v) is 1.45. The molecule has 11 heavy (non-hydrogen) atoms. The van der Waals surface area contributed by atoms with Crippen molar-refractivity contribution in [2.45, 2.75) is 13.3 Å². The molecular weight excluding hydrogens is 143 g/mol. The topological polar surface area (TPSA) is 36.7 Å². The van der Waals surface area contributed by atoms with Crippen molar-refractivity contribution in [1.82, 2.24) is 4.98 Å². The largest absolute Gasteiger partial charge is 0.228 e. The summed E-state index contributed by atoms with van der Waals surface area (Å²) in [6.07, 6.45) is 1.67. The van der Waals surface area contributed by atoms with E-state index in [0.717, 1.165) is 5.56 Å². The highest BCUT2D eigenvalue weighted by Crippen LogP contribution is 2.07. The smallest absolute Gasteiger partial charge is 0.213 e. The molecule has 0 N–H and O–H groups in total. The highest BCUT2D eigenvalue weighted by atomic mass is 19.1. The zero-order chi connectivity index (χ0) is 8.27. The number of nitriles is 1. The second kappa shape index (κ2) is 3.11. The molecule has 0 aliphatic heterocycles. The Hall–Kier alpha value is -1.43. The van der Waals surface area contributed by atoms with Crippen LogP contribution in [0, 0.1) is 24.2 Å². The van der Waals surface area contributed by atoms with Gasteiger partial charge in [-0.1, -0.05) is 0 Å². The van der Waals surface area contributed by atoms with Crippen LogP contribution in [0.1, 0.15) is 11.1 Å². The minimum atomic E-state index is -0.527. The summed E-state index contributed by atoms with van der Waals surface area (Å²) in [6, 6.07) is 3.25. The Labute approximate surface area is 64.3 Å². The van der Waals surface area contributed by atoms with E-state index in [9.17, 15) is 4.39 Å². The average Bonchev–Trinajstić information content (AvgIpc) is 1.98. The Bertz CT molecular complexity index is 301. The summed E-state index contributed by atoms with van der Waals surface area (Å²) in [4.78, 5) is 3.45. The second-order valence-electron chi connectivity index (χ2n) is 2.27. The first-order valence-corrected chi connectivity index (χ1v) is 3.22. The molecule has 56 valence electrons. The normalized spacial score (nSPS) is 9.18. The number of hydrogen-bond donors (Lipinski definition) is 0. The van der Waals surface area contributed by atoms with Gasteiger partial charge in [-0.25, -0.2) is 4.98 Å². The average molecular weight is 150 g/mol. The first kappa shape index (κ1) is 7.67. The molecule has 0 radical (unpaired) electrons. The van der Waals surface area contributed by atoms with Crippen LogP contribution in [-0.4, -0.2) is 4.98 Å². The van der Waals surface area contributed by atoms with Crippen LogP contribution < -0.4 is 0 Å². The van der Waals surface area contributed by atoms with Gasteiger partial charge in [-0.15, -0.1) is 0 Å². The van der Waals surface area contributed by atoms with Crippen molar-refractivity contribution in [2.24, 2.45) is 0 Å². The van der Waals surface area contributed by atoms with Gasteiger partial charge in [0.2, 0.25) is 5.95 Å². The van der Waals surface area contributed by atoms with E-state index in [1.54, 1.807) is 6.92 Å². The Balaban J connectivity index is 3.05. The summed E-state index contributed by atoms with van der Waals surface area (Å²) in [5.41, 5.74) is 1.56. The van der Waals surface area contributed by atoms with E-state index >= 15 is 0 Å². The number of aromatic nitrogens is 1. The fourth-order valence-electron chi connectivity index (χ4n) is 0.812. The molecule has 0 bridgehead atoms. The molecule has 0 fully saturated rings. The van der Waals surface area contributed by atoms with E-state index in [1.807, 2.05) is 6.07 Å². The van der Waals surface area contributed by atoms with Gasteiger partial charge in [0.1, 0.15) is 0 Å². The number of halogens is 1. The lowest BCUT2D eigenvalue weighted by atomic mass is 10.1.